The van der Waals surface area contributed by atoms with Gasteiger partial charge in [0.05, 0.1) is 4.90 Å². The Balaban J connectivity index is 2.07. The van der Waals surface area contributed by atoms with Crippen molar-refractivity contribution in [3.63, 3.8) is 0 Å². The largest absolute Gasteiger partial charge is 0.352 e. The minimum absolute atomic E-state index is 0.125. The van der Waals surface area contributed by atoms with Crippen LogP contribution in [0.15, 0.2) is 33.3 Å². The van der Waals surface area contributed by atoms with Crippen LogP contribution in [-0.2, 0) is 10.0 Å². The molecule has 0 fully saturated rings. The number of nitrogens with one attached hydrogen (secondary N) is 1. The van der Waals surface area contributed by atoms with Crippen LogP contribution >= 0.6 is 0 Å². The second kappa shape index (κ2) is 8.63. The molecule has 0 unspecified atom stereocenters. The number of benzene rings is 1. The molecule has 146 valence electrons. The Hall–Kier alpha value is -2.24. The Morgan fingerprint density at radius 2 is 1.93 bits per heavy atom. The van der Waals surface area contributed by atoms with Crippen molar-refractivity contribution in [2.24, 2.45) is 10.2 Å². The number of nitrogens with zero attached hydrogens (tertiary/aromatic N) is 3. The van der Waals surface area contributed by atoms with E-state index in [4.69, 9.17) is 6.42 Å². The number of terminal acetylenes is 1. The SMILES string of the molecule is C#CCCC1(CCNC(=O)c2cc(S(=O)(=O)N(CC)CC)ccc2C)N=N1. The van der Waals surface area contributed by atoms with Crippen molar-refractivity contribution >= 4 is 15.9 Å². The molecule has 0 spiro atoms. The number of amides is 1. The molecule has 0 saturated heterocycles. The van der Waals surface area contributed by atoms with Crippen molar-refractivity contribution in [3.05, 3.63) is 29.3 Å². The van der Waals surface area contributed by atoms with E-state index in [0.717, 1.165) is 0 Å². The van der Waals surface area contributed by atoms with Gasteiger partial charge in [-0.1, -0.05) is 19.9 Å². The van der Waals surface area contributed by atoms with Crippen LogP contribution in [0.1, 0.15) is 49.0 Å². The number of hydrogen-bond donors (Lipinski definition) is 1. The van der Waals surface area contributed by atoms with E-state index >= 15 is 0 Å². The fraction of sp³-hybridized carbons (Fsp3) is 0.526. The number of carbonyl (C=O) groups is 1. The zero-order chi connectivity index (χ0) is 20.1. The van der Waals surface area contributed by atoms with E-state index in [1.807, 2.05) is 0 Å². The van der Waals surface area contributed by atoms with Gasteiger partial charge in [-0.2, -0.15) is 14.5 Å². The van der Waals surface area contributed by atoms with Gasteiger partial charge in [-0.05, 0) is 24.6 Å². The molecule has 0 bridgehead atoms. The lowest BCUT2D eigenvalue weighted by Gasteiger charge is -2.19. The smallest absolute Gasteiger partial charge is 0.251 e. The van der Waals surface area contributed by atoms with Crippen molar-refractivity contribution in [1.29, 1.82) is 0 Å². The molecule has 0 atom stereocenters. The molecule has 1 amide bonds. The van der Waals surface area contributed by atoms with Crippen LogP contribution in [0, 0.1) is 19.3 Å². The second-order valence-electron chi connectivity index (χ2n) is 6.46. The van der Waals surface area contributed by atoms with Gasteiger partial charge in [-0.3, -0.25) is 4.79 Å². The summed E-state index contributed by atoms with van der Waals surface area (Å²) in [6.07, 6.45) is 7.11. The maximum atomic E-state index is 12.7. The van der Waals surface area contributed by atoms with Crippen molar-refractivity contribution < 1.29 is 13.2 Å². The van der Waals surface area contributed by atoms with Gasteiger partial charge in [0.25, 0.3) is 5.91 Å². The molecular weight excluding hydrogens is 364 g/mol. The summed E-state index contributed by atoms with van der Waals surface area (Å²) in [7, 11) is -3.61. The summed E-state index contributed by atoms with van der Waals surface area (Å²) in [4.78, 5) is 12.7. The molecular formula is C19H26N4O3S. The fourth-order valence-corrected chi connectivity index (χ4v) is 4.34. The van der Waals surface area contributed by atoms with Gasteiger partial charge < -0.3 is 5.32 Å². The average Bonchev–Trinajstić information content (AvgIpc) is 3.41. The van der Waals surface area contributed by atoms with Crippen molar-refractivity contribution in [2.75, 3.05) is 19.6 Å². The molecule has 1 aromatic carbocycles. The van der Waals surface area contributed by atoms with Crippen molar-refractivity contribution in [1.82, 2.24) is 9.62 Å². The minimum Gasteiger partial charge on any atom is -0.352 e. The molecule has 1 heterocycles. The predicted molar refractivity (Wildman–Crippen MR) is 104 cm³/mol. The summed E-state index contributed by atoms with van der Waals surface area (Å²) >= 11 is 0. The van der Waals surface area contributed by atoms with Gasteiger partial charge in [0.1, 0.15) is 0 Å². The Labute approximate surface area is 161 Å². The van der Waals surface area contributed by atoms with Gasteiger partial charge in [0.15, 0.2) is 5.66 Å². The summed E-state index contributed by atoms with van der Waals surface area (Å²) in [5.74, 6) is 2.26. The summed E-state index contributed by atoms with van der Waals surface area (Å²) in [5.41, 5.74) is 0.613. The molecule has 0 radical (unpaired) electrons. The Bertz CT molecular complexity index is 861. The summed E-state index contributed by atoms with van der Waals surface area (Å²) in [5, 5.41) is 10.9. The van der Waals surface area contributed by atoms with Crippen LogP contribution in [0.2, 0.25) is 0 Å². The van der Waals surface area contributed by atoms with Gasteiger partial charge in [-0.25, -0.2) is 8.42 Å². The van der Waals surface area contributed by atoms with E-state index in [1.54, 1.807) is 26.8 Å². The highest BCUT2D eigenvalue weighted by Crippen LogP contribution is 2.36. The zero-order valence-corrected chi connectivity index (χ0v) is 16.8. The van der Waals surface area contributed by atoms with E-state index in [1.165, 1.54) is 16.4 Å². The molecule has 0 aromatic heterocycles. The zero-order valence-electron chi connectivity index (χ0n) is 16.0. The first-order valence-electron chi connectivity index (χ1n) is 9.06. The first kappa shape index (κ1) is 21.1. The Kier molecular flexibility index (Phi) is 6.73. The lowest BCUT2D eigenvalue weighted by Crippen LogP contribution is -2.31. The van der Waals surface area contributed by atoms with Gasteiger partial charge in [-0.15, -0.1) is 12.3 Å². The second-order valence-corrected chi connectivity index (χ2v) is 8.40. The minimum atomic E-state index is -3.61. The lowest BCUT2D eigenvalue weighted by molar-refractivity contribution is 0.0951. The number of carbonyl (C=O) groups excluding carboxylic acids is 1. The fourth-order valence-electron chi connectivity index (χ4n) is 2.86. The molecule has 1 aliphatic heterocycles. The molecule has 0 aliphatic carbocycles. The number of aryl methyl sites for hydroxylation is 1. The first-order valence-corrected chi connectivity index (χ1v) is 10.5. The maximum Gasteiger partial charge on any atom is 0.251 e. The third kappa shape index (κ3) is 4.93. The predicted octanol–water partition coefficient (Wildman–Crippen LogP) is 2.72. The lowest BCUT2D eigenvalue weighted by atomic mass is 10.0. The standard InChI is InChI=1S/C19H26N4O3S/c1-5-8-11-19(21-22-19)12-13-20-18(24)17-14-16(10-9-15(17)4)27(25,26)23(6-2)7-3/h1,9-10,14H,6-8,11-13H2,2-4H3,(H,20,24). The maximum absolute atomic E-state index is 12.7. The highest BCUT2D eigenvalue weighted by atomic mass is 32.2. The Morgan fingerprint density at radius 3 is 2.48 bits per heavy atom. The summed E-state index contributed by atoms with van der Waals surface area (Å²) < 4.78 is 26.7. The monoisotopic (exact) mass is 390 g/mol. The third-order valence-corrected chi connectivity index (χ3v) is 6.71. The summed E-state index contributed by atoms with van der Waals surface area (Å²) in [6.45, 7) is 6.49. The van der Waals surface area contributed by atoms with Gasteiger partial charge >= 0.3 is 0 Å². The average molecular weight is 391 g/mol. The topological polar surface area (TPSA) is 91.2 Å². The molecule has 27 heavy (non-hydrogen) atoms. The van der Waals surface area contributed by atoms with Crippen LogP contribution in [-0.4, -0.2) is 43.9 Å². The summed E-state index contributed by atoms with van der Waals surface area (Å²) in [6, 6.07) is 4.64. The highest BCUT2D eigenvalue weighted by Gasteiger charge is 2.38. The molecule has 1 N–H and O–H groups in total. The quantitative estimate of drug-likeness (QED) is 0.623. The van der Waals surface area contributed by atoms with Crippen LogP contribution in [0.4, 0.5) is 0 Å². The highest BCUT2D eigenvalue weighted by molar-refractivity contribution is 7.89. The first-order chi connectivity index (χ1) is 12.8. The normalized spacial score (nSPS) is 14.8. The molecule has 7 nitrogen and oxygen atoms in total. The van der Waals surface area contributed by atoms with Crippen LogP contribution in [0.25, 0.3) is 0 Å². The third-order valence-electron chi connectivity index (χ3n) is 4.66. The van der Waals surface area contributed by atoms with E-state index in [9.17, 15) is 13.2 Å². The Morgan fingerprint density at radius 1 is 1.26 bits per heavy atom. The number of sulfonamides is 1. The van der Waals surface area contributed by atoms with Gasteiger partial charge in [0.2, 0.25) is 10.0 Å². The van der Waals surface area contributed by atoms with Crippen LogP contribution < -0.4 is 5.32 Å². The molecule has 1 aliphatic rings. The van der Waals surface area contributed by atoms with Gasteiger partial charge in [0, 0.05) is 44.5 Å². The van der Waals surface area contributed by atoms with Crippen LogP contribution in [0.5, 0.6) is 0 Å². The van der Waals surface area contributed by atoms with E-state index in [2.05, 4.69) is 21.5 Å². The van der Waals surface area contributed by atoms with E-state index < -0.39 is 15.7 Å². The van der Waals surface area contributed by atoms with Crippen LogP contribution in [0.3, 0.4) is 0 Å². The number of hydrogen-bond acceptors (Lipinski definition) is 5. The van der Waals surface area contributed by atoms with E-state index in [0.29, 0.717) is 50.0 Å². The molecule has 1 aromatic rings. The van der Waals surface area contributed by atoms with E-state index in [-0.39, 0.29) is 10.8 Å². The molecule has 2 rings (SSSR count). The molecule has 0 saturated carbocycles. The van der Waals surface area contributed by atoms with Crippen molar-refractivity contribution in [2.45, 2.75) is 50.6 Å². The number of rotatable bonds is 10. The van der Waals surface area contributed by atoms with Crippen molar-refractivity contribution in [3.8, 4) is 12.3 Å². The molecule has 8 heteroatoms.